The van der Waals surface area contributed by atoms with Crippen LogP contribution in [0, 0.1) is 27.7 Å². The molecular weight excluding hydrogens is 758 g/mol. The third-order valence-electron chi connectivity index (χ3n) is 10.4. The monoisotopic (exact) mass is 795 g/mol. The van der Waals surface area contributed by atoms with Gasteiger partial charge in [-0.05, 0) is 94.5 Å². The van der Waals surface area contributed by atoms with Gasteiger partial charge in [-0.1, -0.05) is 29.3 Å². The lowest BCUT2D eigenvalue weighted by Crippen LogP contribution is -2.43. The summed E-state index contributed by atoms with van der Waals surface area (Å²) in [5.74, 6) is -1.66. The summed E-state index contributed by atoms with van der Waals surface area (Å²) < 4.78 is 56.3. The van der Waals surface area contributed by atoms with Gasteiger partial charge in [0.15, 0.2) is 0 Å². The lowest BCUT2D eigenvalue weighted by molar-refractivity contribution is -0.274. The molecule has 6 aromatic rings. The molecule has 7 rings (SSSR count). The molecule has 4 heterocycles. The number of nitrogens with zero attached hydrogens (tertiary/aromatic N) is 5. The van der Waals surface area contributed by atoms with E-state index in [4.69, 9.17) is 27.9 Å². The zero-order valence-electron chi connectivity index (χ0n) is 31.2. The number of aromatic nitrogens is 4. The molecule has 1 aliphatic rings. The van der Waals surface area contributed by atoms with Gasteiger partial charge in [0.25, 0.3) is 5.91 Å². The first-order chi connectivity index (χ1) is 25.9. The Kier molecular flexibility index (Phi) is 9.61. The van der Waals surface area contributed by atoms with E-state index in [1.165, 1.54) is 22.6 Å². The van der Waals surface area contributed by atoms with Crippen molar-refractivity contribution in [2.45, 2.75) is 59.9 Å². The van der Waals surface area contributed by atoms with Crippen molar-refractivity contribution in [3.63, 3.8) is 0 Å². The minimum atomic E-state index is -5.03. The van der Waals surface area contributed by atoms with Crippen LogP contribution in [0.15, 0.2) is 42.5 Å². The molecule has 1 aliphatic heterocycles. The summed E-state index contributed by atoms with van der Waals surface area (Å²) in [5.41, 5.74) is 6.98. The largest absolute Gasteiger partial charge is 0.573 e. The Balaban J connectivity index is 1.41. The van der Waals surface area contributed by atoms with E-state index >= 15 is 4.79 Å². The molecule has 3 aromatic carbocycles. The second-order valence-corrected chi connectivity index (χ2v) is 14.9. The molecule has 1 N–H and O–H groups in total. The number of amides is 1. The highest BCUT2D eigenvalue weighted by Gasteiger charge is 2.39. The van der Waals surface area contributed by atoms with Crippen LogP contribution >= 0.6 is 23.2 Å². The molecule has 288 valence electrons. The van der Waals surface area contributed by atoms with Crippen LogP contribution < -0.4 is 14.4 Å². The molecule has 0 radical (unpaired) electrons. The van der Waals surface area contributed by atoms with Crippen molar-refractivity contribution in [3.8, 4) is 22.6 Å². The van der Waals surface area contributed by atoms with Crippen molar-refractivity contribution < 1.29 is 37.3 Å². The Morgan fingerprint density at radius 1 is 0.982 bits per heavy atom. The Labute approximate surface area is 324 Å². The number of carbonyl (C=O) groups is 2. The summed E-state index contributed by atoms with van der Waals surface area (Å²) in [6.07, 6.45) is -4.11. The van der Waals surface area contributed by atoms with Crippen molar-refractivity contribution in [2.75, 3.05) is 18.1 Å². The maximum Gasteiger partial charge on any atom is 0.573 e. The van der Waals surface area contributed by atoms with Gasteiger partial charge in [-0.2, -0.15) is 5.10 Å². The van der Waals surface area contributed by atoms with Crippen LogP contribution in [0.2, 0.25) is 10.0 Å². The molecule has 3 aromatic heterocycles. The highest BCUT2D eigenvalue weighted by Crippen LogP contribution is 2.46. The number of alkyl halides is 3. The third-order valence-corrected chi connectivity index (χ3v) is 11.3. The molecule has 1 atom stereocenters. The normalized spacial score (nSPS) is 14.7. The van der Waals surface area contributed by atoms with E-state index in [2.05, 4.69) is 9.84 Å². The summed E-state index contributed by atoms with van der Waals surface area (Å²) in [7, 11) is 3.35. The van der Waals surface area contributed by atoms with Crippen LogP contribution in [0.5, 0.6) is 11.5 Å². The zero-order valence-corrected chi connectivity index (χ0v) is 32.7. The number of aryl methyl sites for hydroxylation is 6. The first-order valence-corrected chi connectivity index (χ1v) is 18.3. The van der Waals surface area contributed by atoms with E-state index in [0.29, 0.717) is 40.9 Å². The molecular formula is C40H38Cl2F3N5O5. The molecule has 1 amide bonds. The number of hydrogen-bond donors (Lipinski definition) is 1. The fourth-order valence-corrected chi connectivity index (χ4v) is 8.35. The van der Waals surface area contributed by atoms with Crippen molar-refractivity contribution >= 4 is 62.6 Å². The number of fused-ring (bicyclic) bond motifs is 4. The van der Waals surface area contributed by atoms with Gasteiger partial charge in [-0.3, -0.25) is 9.48 Å². The molecule has 0 saturated heterocycles. The quantitative estimate of drug-likeness (QED) is 0.146. The number of hydrogen-bond acceptors (Lipinski definition) is 5. The molecule has 10 nitrogen and oxygen atoms in total. The Morgan fingerprint density at radius 3 is 2.29 bits per heavy atom. The van der Waals surface area contributed by atoms with Crippen LogP contribution in [0.4, 0.5) is 18.9 Å². The number of carbonyl (C=O) groups excluding carboxylic acids is 1. The maximum absolute atomic E-state index is 15.1. The maximum atomic E-state index is 15.1. The first-order valence-electron chi connectivity index (χ1n) is 17.6. The molecule has 0 saturated carbocycles. The lowest BCUT2D eigenvalue weighted by Gasteiger charge is -2.35. The third kappa shape index (κ3) is 6.56. The Morgan fingerprint density at radius 2 is 1.67 bits per heavy atom. The minimum Gasteiger partial charge on any atom is -0.494 e. The molecule has 0 unspecified atom stereocenters. The average Bonchev–Trinajstić information content (AvgIpc) is 3.70. The van der Waals surface area contributed by atoms with E-state index < -0.39 is 30.0 Å². The summed E-state index contributed by atoms with van der Waals surface area (Å²) in [5, 5.41) is 16.7. The fraction of sp³-hybridized carbons (Fsp3) is 0.325. The Bertz CT molecular complexity index is 2550. The number of anilines is 1. The summed E-state index contributed by atoms with van der Waals surface area (Å²) in [6, 6.07) is 10.6. The topological polar surface area (TPSA) is 104 Å². The number of carboxylic acid groups (broad SMARTS) is 1. The summed E-state index contributed by atoms with van der Waals surface area (Å²) in [6.45, 7) is 9.96. The van der Waals surface area contributed by atoms with Gasteiger partial charge in [-0.25, -0.2) is 4.79 Å². The highest BCUT2D eigenvalue weighted by atomic mass is 35.5. The van der Waals surface area contributed by atoms with E-state index in [9.17, 15) is 23.1 Å². The van der Waals surface area contributed by atoms with Crippen molar-refractivity contribution in [2.24, 2.45) is 14.1 Å². The number of rotatable bonds is 9. The number of aromatic carboxylic acids is 1. The van der Waals surface area contributed by atoms with Crippen molar-refractivity contribution in [1.29, 1.82) is 0 Å². The fourth-order valence-electron chi connectivity index (χ4n) is 7.99. The Hall–Kier alpha value is -5.14. The van der Waals surface area contributed by atoms with Gasteiger partial charge in [0.2, 0.25) is 0 Å². The van der Waals surface area contributed by atoms with Gasteiger partial charge >= 0.3 is 12.3 Å². The minimum absolute atomic E-state index is 0.0442. The number of carboxylic acids is 1. The lowest BCUT2D eigenvalue weighted by atomic mass is 9.98. The van der Waals surface area contributed by atoms with Crippen LogP contribution in [-0.4, -0.2) is 55.4 Å². The van der Waals surface area contributed by atoms with Gasteiger partial charge in [-0.15, -0.1) is 13.2 Å². The van der Waals surface area contributed by atoms with Gasteiger partial charge < -0.3 is 28.6 Å². The molecule has 0 spiro atoms. The first kappa shape index (κ1) is 38.1. The van der Waals surface area contributed by atoms with Crippen molar-refractivity contribution in [1.82, 2.24) is 18.9 Å². The smallest absolute Gasteiger partial charge is 0.494 e. The number of halogens is 5. The molecule has 55 heavy (non-hydrogen) atoms. The molecule has 0 aliphatic carbocycles. The second-order valence-electron chi connectivity index (χ2n) is 14.1. The van der Waals surface area contributed by atoms with Gasteiger partial charge in [0, 0.05) is 65.4 Å². The summed E-state index contributed by atoms with van der Waals surface area (Å²) >= 11 is 13.4. The predicted octanol–water partition coefficient (Wildman–Crippen LogP) is 9.90. The summed E-state index contributed by atoms with van der Waals surface area (Å²) in [4.78, 5) is 28.7. The second kappa shape index (κ2) is 13.9. The SMILES string of the molecule is Cc1cc(OCCCc2c3n(c4c(-c5c(C)nn(C)c5C)c(Cl)ccc24)[C@H](C)CN(c2cc(OC(F)(F)F)cc4cc(C(=O)O)n(C)c24)C3=O)cc(C)c1Cl. The van der Waals surface area contributed by atoms with Crippen molar-refractivity contribution in [3.05, 3.63) is 92.0 Å². The average molecular weight is 797 g/mol. The molecule has 0 fully saturated rings. The van der Waals surface area contributed by atoms with E-state index in [1.807, 2.05) is 70.5 Å². The van der Waals surface area contributed by atoms with Crippen LogP contribution in [0.25, 0.3) is 32.9 Å². The van der Waals surface area contributed by atoms with E-state index in [1.54, 1.807) is 4.68 Å². The van der Waals surface area contributed by atoms with E-state index in [-0.39, 0.29) is 28.8 Å². The highest BCUT2D eigenvalue weighted by molar-refractivity contribution is 6.35. The molecule has 15 heteroatoms. The number of ether oxygens (including phenoxy) is 2. The van der Waals surface area contributed by atoms with Crippen LogP contribution in [0.1, 0.15) is 68.4 Å². The van der Waals surface area contributed by atoms with E-state index in [0.717, 1.165) is 62.2 Å². The molecule has 0 bridgehead atoms. The standard InChI is InChI=1S/C40H38Cl2F3N5O5/c1-19-13-25(14-20(2)34(19)42)54-12-8-9-27-28-10-11-29(41)33(32-22(4)46-48(7)23(32)5)36(28)50-21(3)18-49(38(51)37(27)50)30-17-26(55-40(43,44)45)15-24-16-31(39(52)53)47(6)35(24)30/h10-11,13-17,21H,8-9,12,18H2,1-7H3,(H,52,53)/t21-/m1/s1. The zero-order chi connectivity index (χ0) is 39.8. The number of benzene rings is 3. The van der Waals surface area contributed by atoms with Gasteiger partial charge in [0.05, 0.1) is 34.0 Å². The van der Waals surface area contributed by atoms with Crippen LogP contribution in [0.3, 0.4) is 0 Å². The predicted molar refractivity (Wildman–Crippen MR) is 206 cm³/mol. The van der Waals surface area contributed by atoms with Crippen LogP contribution in [-0.2, 0) is 20.5 Å². The van der Waals surface area contributed by atoms with Gasteiger partial charge in [0.1, 0.15) is 22.9 Å².